The normalized spacial score (nSPS) is 22.6. The number of aromatic amines is 1. The third kappa shape index (κ3) is 2.72. The zero-order valence-electron chi connectivity index (χ0n) is 10.5. The molecule has 0 amide bonds. The summed E-state index contributed by atoms with van der Waals surface area (Å²) in [7, 11) is -3.67. The molecule has 0 saturated heterocycles. The number of tetrazole rings is 1. The number of nitrogens with zero attached hydrogens (tertiary/aromatic N) is 5. The van der Waals surface area contributed by atoms with E-state index >= 15 is 0 Å². The quantitative estimate of drug-likeness (QED) is 0.545. The molecular formula is C9H15N8O2P. The maximum absolute atomic E-state index is 11.6. The van der Waals surface area contributed by atoms with Gasteiger partial charge in [-0.2, -0.15) is 0 Å². The van der Waals surface area contributed by atoms with Gasteiger partial charge in [0.2, 0.25) is 5.95 Å². The molecule has 20 heavy (non-hydrogen) atoms. The molecule has 3 heterocycles. The molecule has 108 valence electrons. The molecule has 11 heteroatoms. The number of imidazole rings is 1. The molecule has 5 N–H and O–H groups in total. The van der Waals surface area contributed by atoms with E-state index in [2.05, 4.69) is 30.9 Å². The van der Waals surface area contributed by atoms with E-state index in [9.17, 15) is 9.46 Å². The molecule has 0 fully saturated rings. The largest absolute Gasteiger partial charge is 0.355 e. The number of hydrogen-bond acceptors (Lipinski definition) is 6. The maximum atomic E-state index is 11.6. The molecule has 2 aromatic heterocycles. The van der Waals surface area contributed by atoms with E-state index in [1.165, 1.54) is 0 Å². The lowest BCUT2D eigenvalue weighted by Gasteiger charge is -2.30. The lowest BCUT2D eigenvalue weighted by molar-refractivity contribution is 0.365. The van der Waals surface area contributed by atoms with Gasteiger partial charge in [-0.3, -0.25) is 10.1 Å². The lowest BCUT2D eigenvalue weighted by atomic mass is 9.92. The van der Waals surface area contributed by atoms with Crippen molar-refractivity contribution in [3.63, 3.8) is 0 Å². The summed E-state index contributed by atoms with van der Waals surface area (Å²) in [6.07, 6.45) is 3.49. The van der Waals surface area contributed by atoms with Crippen LogP contribution in [-0.4, -0.2) is 47.8 Å². The van der Waals surface area contributed by atoms with Crippen molar-refractivity contribution in [3.05, 3.63) is 18.2 Å². The highest BCUT2D eigenvalue weighted by Gasteiger charge is 2.34. The summed E-state index contributed by atoms with van der Waals surface area (Å²) in [5.41, 5.74) is 5.31. The Labute approximate surface area is 114 Å². The Balaban J connectivity index is 1.85. The van der Waals surface area contributed by atoms with Crippen LogP contribution in [0.3, 0.4) is 0 Å². The first-order valence-electron chi connectivity index (χ1n) is 6.12. The van der Waals surface area contributed by atoms with Gasteiger partial charge < -0.3 is 14.8 Å². The van der Waals surface area contributed by atoms with Crippen molar-refractivity contribution < 1.29 is 9.46 Å². The van der Waals surface area contributed by atoms with Crippen LogP contribution in [0.25, 0.3) is 0 Å². The van der Waals surface area contributed by atoms with Gasteiger partial charge in [0.1, 0.15) is 0 Å². The minimum absolute atomic E-state index is 0.0375. The Morgan fingerprint density at radius 3 is 3.20 bits per heavy atom. The van der Waals surface area contributed by atoms with Gasteiger partial charge in [0.05, 0.1) is 0 Å². The van der Waals surface area contributed by atoms with Crippen LogP contribution in [0.4, 0.5) is 5.95 Å². The molecule has 1 aliphatic rings. The Kier molecular flexibility index (Phi) is 3.28. The molecule has 3 unspecified atom stereocenters. The highest BCUT2D eigenvalue weighted by molar-refractivity contribution is 7.55. The monoisotopic (exact) mass is 298 g/mol. The molecule has 0 aromatic carbocycles. The van der Waals surface area contributed by atoms with Gasteiger partial charge in [0.15, 0.2) is 5.82 Å². The highest BCUT2D eigenvalue weighted by atomic mass is 31.2. The van der Waals surface area contributed by atoms with E-state index < -0.39 is 7.52 Å². The molecule has 3 atom stereocenters. The summed E-state index contributed by atoms with van der Waals surface area (Å²) < 4.78 is 13.5. The van der Waals surface area contributed by atoms with Crippen molar-refractivity contribution in [2.75, 3.05) is 18.0 Å². The van der Waals surface area contributed by atoms with E-state index in [0.717, 1.165) is 5.95 Å². The zero-order valence-corrected chi connectivity index (χ0v) is 11.4. The van der Waals surface area contributed by atoms with Gasteiger partial charge >= 0.3 is 0 Å². The predicted octanol–water partition coefficient (Wildman–Crippen LogP) is -0.634. The van der Waals surface area contributed by atoms with Crippen molar-refractivity contribution in [2.24, 2.45) is 11.4 Å². The fourth-order valence-corrected chi connectivity index (χ4v) is 3.53. The Morgan fingerprint density at radius 2 is 2.50 bits per heavy atom. The molecule has 10 nitrogen and oxygen atoms in total. The molecule has 0 bridgehead atoms. The summed E-state index contributed by atoms with van der Waals surface area (Å²) in [5, 5.41) is 16.8. The first kappa shape index (κ1) is 13.2. The second-order valence-electron chi connectivity index (χ2n) is 4.88. The van der Waals surface area contributed by atoms with Crippen molar-refractivity contribution in [2.45, 2.75) is 12.5 Å². The topological polar surface area (TPSA) is 148 Å². The summed E-state index contributed by atoms with van der Waals surface area (Å²) in [4.78, 5) is 13.6. The Bertz CT molecular complexity index is 620. The average molecular weight is 298 g/mol. The van der Waals surface area contributed by atoms with Gasteiger partial charge in [-0.05, 0) is 10.4 Å². The molecule has 0 spiro atoms. The van der Waals surface area contributed by atoms with E-state index in [-0.39, 0.29) is 18.0 Å². The van der Waals surface area contributed by atoms with Crippen LogP contribution in [0.15, 0.2) is 12.4 Å². The van der Waals surface area contributed by atoms with E-state index in [1.54, 1.807) is 6.20 Å². The number of fused-ring (bicyclic) bond motifs is 1. The van der Waals surface area contributed by atoms with Crippen LogP contribution < -0.4 is 10.8 Å². The standard InChI is InChI=1S/C9H15N8O2P/c10-20(18,19)5-7(8-13-15-16-14-8)6-3-12-9-11-1-2-17(9)4-6/h1-2,6-7H,3-5H2,(H,11,12)(H3,10,18,19)(H,13,14,15,16). The van der Waals surface area contributed by atoms with Crippen molar-refractivity contribution in [1.29, 1.82) is 0 Å². The number of rotatable bonds is 4. The van der Waals surface area contributed by atoms with Crippen molar-refractivity contribution in [3.8, 4) is 0 Å². The molecule has 0 saturated carbocycles. The van der Waals surface area contributed by atoms with Crippen LogP contribution >= 0.6 is 7.52 Å². The molecule has 0 radical (unpaired) electrons. The first-order chi connectivity index (χ1) is 9.53. The minimum Gasteiger partial charge on any atom is -0.355 e. The van der Waals surface area contributed by atoms with Crippen LogP contribution in [0, 0.1) is 5.92 Å². The second kappa shape index (κ2) is 4.97. The molecular weight excluding hydrogens is 283 g/mol. The summed E-state index contributed by atoms with van der Waals surface area (Å²) >= 11 is 0. The van der Waals surface area contributed by atoms with E-state index in [0.29, 0.717) is 18.9 Å². The number of aromatic nitrogens is 6. The maximum Gasteiger partial charge on any atom is 0.265 e. The Morgan fingerprint density at radius 1 is 1.65 bits per heavy atom. The summed E-state index contributed by atoms with van der Waals surface area (Å²) in [5.74, 6) is 0.972. The Hall–Kier alpha value is -1.77. The number of H-pyrrole nitrogens is 1. The van der Waals surface area contributed by atoms with Crippen LogP contribution in [0.5, 0.6) is 0 Å². The molecule has 2 aromatic rings. The van der Waals surface area contributed by atoms with Gasteiger partial charge in [0, 0.05) is 43.5 Å². The number of nitrogens with one attached hydrogen (secondary N) is 2. The van der Waals surface area contributed by atoms with Gasteiger partial charge in [-0.1, -0.05) is 0 Å². The SMILES string of the molecule is NP(=O)(O)CC(c1nnn[nH]1)C1CNc2nccn2C1. The highest BCUT2D eigenvalue weighted by Crippen LogP contribution is 2.40. The van der Waals surface area contributed by atoms with Crippen LogP contribution in [-0.2, 0) is 11.1 Å². The zero-order chi connectivity index (χ0) is 14.2. The second-order valence-corrected chi connectivity index (χ2v) is 6.75. The fraction of sp³-hybridized carbons (Fsp3) is 0.556. The molecule has 0 aliphatic carbocycles. The van der Waals surface area contributed by atoms with E-state index in [4.69, 9.17) is 5.50 Å². The summed E-state index contributed by atoms with van der Waals surface area (Å²) in [6, 6.07) is 0. The molecule has 3 rings (SSSR count). The first-order valence-corrected chi connectivity index (χ1v) is 8.03. The third-order valence-corrected chi connectivity index (χ3v) is 4.33. The smallest absolute Gasteiger partial charge is 0.265 e. The number of hydrogen-bond donors (Lipinski definition) is 4. The lowest BCUT2D eigenvalue weighted by Crippen LogP contribution is -2.34. The van der Waals surface area contributed by atoms with Gasteiger partial charge in [-0.15, -0.1) is 5.10 Å². The van der Waals surface area contributed by atoms with Crippen molar-refractivity contribution in [1.82, 2.24) is 30.2 Å². The van der Waals surface area contributed by atoms with E-state index in [1.807, 2.05) is 10.8 Å². The van der Waals surface area contributed by atoms with Crippen LogP contribution in [0.2, 0.25) is 0 Å². The van der Waals surface area contributed by atoms with Crippen molar-refractivity contribution >= 4 is 13.5 Å². The number of nitrogens with two attached hydrogens (primary N) is 1. The third-order valence-electron chi connectivity index (χ3n) is 3.41. The average Bonchev–Trinajstić information content (AvgIpc) is 3.05. The number of anilines is 1. The van der Waals surface area contributed by atoms with Gasteiger partial charge in [-0.25, -0.2) is 10.1 Å². The molecule has 1 aliphatic heterocycles. The fourth-order valence-electron chi connectivity index (χ4n) is 2.50. The minimum atomic E-state index is -3.67. The summed E-state index contributed by atoms with van der Waals surface area (Å²) in [6.45, 7) is 1.27. The predicted molar refractivity (Wildman–Crippen MR) is 70.0 cm³/mol. The van der Waals surface area contributed by atoms with Crippen LogP contribution in [0.1, 0.15) is 11.7 Å². The van der Waals surface area contributed by atoms with Gasteiger partial charge in [0.25, 0.3) is 7.52 Å².